The second-order valence-electron chi connectivity index (χ2n) is 6.79. The molecular formula is C21H25ClFN3O2. The van der Waals surface area contributed by atoms with Crippen LogP contribution in [0.25, 0.3) is 0 Å². The molecule has 0 aromatic heterocycles. The minimum atomic E-state index is -0.294. The van der Waals surface area contributed by atoms with Crippen molar-refractivity contribution in [2.75, 3.05) is 45.9 Å². The first-order valence-electron chi connectivity index (χ1n) is 9.43. The number of nitrogens with zero attached hydrogens (tertiary/aromatic N) is 2. The van der Waals surface area contributed by atoms with Gasteiger partial charge in [0.15, 0.2) is 0 Å². The van der Waals surface area contributed by atoms with Gasteiger partial charge in [0.2, 0.25) is 5.91 Å². The molecule has 0 aliphatic carbocycles. The summed E-state index contributed by atoms with van der Waals surface area (Å²) in [7, 11) is 0. The van der Waals surface area contributed by atoms with Crippen LogP contribution in [-0.4, -0.2) is 61.6 Å². The summed E-state index contributed by atoms with van der Waals surface area (Å²) in [6.45, 7) is 5.45. The average molecular weight is 406 g/mol. The zero-order chi connectivity index (χ0) is 19.8. The van der Waals surface area contributed by atoms with Crippen LogP contribution >= 0.6 is 11.6 Å². The molecule has 0 bridgehead atoms. The predicted octanol–water partition coefficient (Wildman–Crippen LogP) is 2.79. The molecule has 1 saturated heterocycles. The highest BCUT2D eigenvalue weighted by molar-refractivity contribution is 6.30. The summed E-state index contributed by atoms with van der Waals surface area (Å²) in [6, 6.07) is 13.8. The van der Waals surface area contributed by atoms with Gasteiger partial charge in [0, 0.05) is 49.9 Å². The summed E-state index contributed by atoms with van der Waals surface area (Å²) < 4.78 is 19.3. The van der Waals surface area contributed by atoms with E-state index in [9.17, 15) is 9.18 Å². The van der Waals surface area contributed by atoms with Crippen molar-refractivity contribution in [3.63, 3.8) is 0 Å². The molecule has 2 aromatic rings. The molecule has 2 aromatic carbocycles. The van der Waals surface area contributed by atoms with Gasteiger partial charge in [-0.3, -0.25) is 14.6 Å². The molecular weight excluding hydrogens is 381 g/mol. The molecule has 1 aliphatic rings. The maximum atomic E-state index is 13.6. The van der Waals surface area contributed by atoms with Crippen LogP contribution in [0.5, 0.6) is 5.75 Å². The van der Waals surface area contributed by atoms with Gasteiger partial charge in [-0.15, -0.1) is 0 Å². The fraction of sp³-hybridized carbons (Fsp3) is 0.381. The molecule has 1 heterocycles. The van der Waals surface area contributed by atoms with Gasteiger partial charge in [-0.2, -0.15) is 0 Å². The highest BCUT2D eigenvalue weighted by atomic mass is 35.5. The quantitative estimate of drug-likeness (QED) is 0.733. The van der Waals surface area contributed by atoms with Gasteiger partial charge in [0.05, 0.1) is 6.54 Å². The molecule has 28 heavy (non-hydrogen) atoms. The van der Waals surface area contributed by atoms with Crippen molar-refractivity contribution in [2.24, 2.45) is 0 Å². The summed E-state index contributed by atoms with van der Waals surface area (Å²) >= 11 is 5.86. The third-order valence-corrected chi connectivity index (χ3v) is 5.01. The Kier molecular flexibility index (Phi) is 7.65. The molecule has 1 aliphatic heterocycles. The molecule has 1 N–H and O–H groups in total. The Morgan fingerprint density at radius 2 is 1.71 bits per heavy atom. The molecule has 5 nitrogen and oxygen atoms in total. The van der Waals surface area contributed by atoms with Gasteiger partial charge in [0.1, 0.15) is 18.2 Å². The van der Waals surface area contributed by atoms with E-state index in [1.165, 1.54) is 6.07 Å². The third-order valence-electron chi connectivity index (χ3n) is 4.76. The molecule has 0 atom stereocenters. The Hall–Kier alpha value is -2.15. The molecule has 1 amide bonds. The number of rotatable bonds is 8. The van der Waals surface area contributed by atoms with Crippen molar-refractivity contribution in [3.8, 4) is 5.75 Å². The van der Waals surface area contributed by atoms with E-state index in [0.717, 1.165) is 38.5 Å². The van der Waals surface area contributed by atoms with Gasteiger partial charge in [-0.25, -0.2) is 4.39 Å². The topological polar surface area (TPSA) is 44.8 Å². The zero-order valence-electron chi connectivity index (χ0n) is 15.7. The van der Waals surface area contributed by atoms with Crippen LogP contribution in [0, 0.1) is 5.82 Å². The molecule has 7 heteroatoms. The fourth-order valence-corrected chi connectivity index (χ4v) is 3.21. The lowest BCUT2D eigenvalue weighted by atomic mass is 10.2. The van der Waals surface area contributed by atoms with E-state index in [2.05, 4.69) is 15.1 Å². The van der Waals surface area contributed by atoms with Crippen LogP contribution in [0.3, 0.4) is 0 Å². The molecule has 3 rings (SSSR count). The minimum absolute atomic E-state index is 0.0808. The number of carbonyl (C=O) groups excluding carboxylic acids is 1. The lowest BCUT2D eigenvalue weighted by Gasteiger charge is -2.34. The smallest absolute Gasteiger partial charge is 0.234 e. The van der Waals surface area contributed by atoms with E-state index in [-0.39, 0.29) is 18.3 Å². The lowest BCUT2D eigenvalue weighted by Crippen LogP contribution is -2.50. The molecule has 1 fully saturated rings. The van der Waals surface area contributed by atoms with Crippen molar-refractivity contribution in [1.82, 2.24) is 15.1 Å². The van der Waals surface area contributed by atoms with E-state index in [1.807, 2.05) is 24.3 Å². The highest BCUT2D eigenvalue weighted by Gasteiger charge is 2.18. The van der Waals surface area contributed by atoms with Gasteiger partial charge >= 0.3 is 0 Å². The number of ether oxygens (including phenoxy) is 1. The van der Waals surface area contributed by atoms with E-state index in [0.29, 0.717) is 23.7 Å². The van der Waals surface area contributed by atoms with Crippen LogP contribution < -0.4 is 10.1 Å². The average Bonchev–Trinajstić information content (AvgIpc) is 2.70. The number of piperazine rings is 1. The molecule has 150 valence electrons. The molecule has 0 saturated carbocycles. The number of benzene rings is 2. The highest BCUT2D eigenvalue weighted by Crippen LogP contribution is 2.15. The van der Waals surface area contributed by atoms with E-state index >= 15 is 0 Å². The first-order chi connectivity index (χ1) is 13.6. The summed E-state index contributed by atoms with van der Waals surface area (Å²) in [6.07, 6.45) is 0. The Bertz CT molecular complexity index is 765. The lowest BCUT2D eigenvalue weighted by molar-refractivity contribution is -0.122. The van der Waals surface area contributed by atoms with Crippen LogP contribution in [0.2, 0.25) is 5.02 Å². The van der Waals surface area contributed by atoms with E-state index < -0.39 is 0 Å². The first kappa shape index (κ1) is 20.6. The fourth-order valence-electron chi connectivity index (χ4n) is 3.09. The van der Waals surface area contributed by atoms with Gasteiger partial charge in [-0.05, 0) is 30.3 Å². The number of amides is 1. The maximum Gasteiger partial charge on any atom is 0.234 e. The molecule has 0 radical (unpaired) electrons. The maximum absolute atomic E-state index is 13.6. The third kappa shape index (κ3) is 6.48. The minimum Gasteiger partial charge on any atom is -0.492 e. The molecule has 0 spiro atoms. The summed E-state index contributed by atoms with van der Waals surface area (Å²) in [5.41, 5.74) is 0.501. The van der Waals surface area contributed by atoms with E-state index in [4.69, 9.17) is 16.3 Å². The van der Waals surface area contributed by atoms with Crippen LogP contribution in [0.15, 0.2) is 48.5 Å². The molecule has 0 unspecified atom stereocenters. The van der Waals surface area contributed by atoms with Crippen molar-refractivity contribution in [2.45, 2.75) is 6.54 Å². The van der Waals surface area contributed by atoms with Crippen LogP contribution in [0.1, 0.15) is 5.56 Å². The Balaban J connectivity index is 1.31. The second-order valence-corrected chi connectivity index (χ2v) is 7.22. The zero-order valence-corrected chi connectivity index (χ0v) is 16.5. The van der Waals surface area contributed by atoms with E-state index in [1.54, 1.807) is 18.2 Å². The Morgan fingerprint density at radius 3 is 2.43 bits per heavy atom. The normalized spacial score (nSPS) is 15.4. The number of nitrogens with one attached hydrogen (secondary N) is 1. The largest absolute Gasteiger partial charge is 0.492 e. The van der Waals surface area contributed by atoms with Gasteiger partial charge in [0.25, 0.3) is 0 Å². The number of halogens is 2. The monoisotopic (exact) mass is 405 g/mol. The SMILES string of the molecule is O=C(CN1CCN(CCOc2ccc(Cl)cc2)CC1)NCc1ccccc1F. The second kappa shape index (κ2) is 10.4. The van der Waals surface area contributed by atoms with Gasteiger partial charge < -0.3 is 10.1 Å². The van der Waals surface area contributed by atoms with Crippen molar-refractivity contribution >= 4 is 17.5 Å². The standard InChI is InChI=1S/C21H25ClFN3O2/c22-18-5-7-19(8-6-18)28-14-13-25-9-11-26(12-10-25)16-21(27)24-15-17-3-1-2-4-20(17)23/h1-8H,9-16H2,(H,24,27). The Morgan fingerprint density at radius 1 is 1.04 bits per heavy atom. The summed E-state index contributed by atoms with van der Waals surface area (Å²) in [4.78, 5) is 16.6. The van der Waals surface area contributed by atoms with Crippen LogP contribution in [0.4, 0.5) is 4.39 Å². The summed E-state index contributed by atoms with van der Waals surface area (Å²) in [5, 5.41) is 3.49. The van der Waals surface area contributed by atoms with Crippen molar-refractivity contribution in [3.05, 3.63) is 64.9 Å². The summed E-state index contributed by atoms with van der Waals surface area (Å²) in [5.74, 6) is 0.439. The predicted molar refractivity (Wildman–Crippen MR) is 108 cm³/mol. The number of hydrogen-bond acceptors (Lipinski definition) is 4. The van der Waals surface area contributed by atoms with Crippen LogP contribution in [-0.2, 0) is 11.3 Å². The number of hydrogen-bond donors (Lipinski definition) is 1. The number of carbonyl (C=O) groups is 1. The first-order valence-corrected chi connectivity index (χ1v) is 9.81. The Labute approximate surface area is 170 Å². The van der Waals surface area contributed by atoms with Crippen molar-refractivity contribution in [1.29, 1.82) is 0 Å². The van der Waals surface area contributed by atoms with Crippen molar-refractivity contribution < 1.29 is 13.9 Å². The van der Waals surface area contributed by atoms with Gasteiger partial charge in [-0.1, -0.05) is 29.8 Å².